The van der Waals surface area contributed by atoms with Gasteiger partial charge >= 0.3 is 6.09 Å². The number of rotatable bonds is 1. The van der Waals surface area contributed by atoms with Crippen molar-refractivity contribution in [1.82, 2.24) is 4.90 Å². The van der Waals surface area contributed by atoms with E-state index in [1.165, 1.54) is 11.0 Å². The minimum absolute atomic E-state index is 0.0680. The molecule has 6 nitrogen and oxygen atoms in total. The van der Waals surface area contributed by atoms with Crippen molar-refractivity contribution >= 4 is 17.7 Å². The van der Waals surface area contributed by atoms with Crippen molar-refractivity contribution in [2.75, 3.05) is 5.32 Å². The molecule has 0 radical (unpaired) electrons. The van der Waals surface area contributed by atoms with E-state index in [1.807, 2.05) is 0 Å². The van der Waals surface area contributed by atoms with E-state index in [0.717, 1.165) is 5.56 Å². The van der Waals surface area contributed by atoms with Gasteiger partial charge in [-0.2, -0.15) is 0 Å². The summed E-state index contributed by atoms with van der Waals surface area (Å²) < 4.78 is 0. The predicted octanol–water partition coefficient (Wildman–Crippen LogP) is 2.42. The molecule has 1 aliphatic heterocycles. The molecular formula is C15H20N2O4. The second kappa shape index (κ2) is 5.27. The van der Waals surface area contributed by atoms with Crippen LogP contribution in [0.4, 0.5) is 10.5 Å². The van der Waals surface area contributed by atoms with E-state index in [0.29, 0.717) is 18.5 Å². The fourth-order valence-corrected chi connectivity index (χ4v) is 2.67. The normalized spacial score (nSPS) is 18.4. The minimum atomic E-state index is -1.11. The number of benzene rings is 1. The molecule has 1 aromatic carbocycles. The highest BCUT2D eigenvalue weighted by Crippen LogP contribution is 2.29. The van der Waals surface area contributed by atoms with Crippen molar-refractivity contribution in [2.45, 2.75) is 45.2 Å². The van der Waals surface area contributed by atoms with Gasteiger partial charge in [-0.3, -0.25) is 9.69 Å². The molecular weight excluding hydrogens is 272 g/mol. The number of fused-ring (bicyclic) bond motifs is 1. The van der Waals surface area contributed by atoms with Gasteiger partial charge in [-0.05, 0) is 45.2 Å². The zero-order chi connectivity index (χ0) is 15.8. The number of aromatic hydroxyl groups is 1. The molecule has 2 amide bonds. The number of hydrogen-bond donors (Lipinski definition) is 3. The van der Waals surface area contributed by atoms with Crippen molar-refractivity contribution in [1.29, 1.82) is 0 Å². The van der Waals surface area contributed by atoms with E-state index in [2.05, 4.69) is 5.32 Å². The molecule has 1 aromatic rings. The van der Waals surface area contributed by atoms with Crippen LogP contribution >= 0.6 is 0 Å². The van der Waals surface area contributed by atoms with E-state index >= 15 is 0 Å². The van der Waals surface area contributed by atoms with Crippen LogP contribution in [0.2, 0.25) is 0 Å². The average Bonchev–Trinajstić information content (AvgIpc) is 2.47. The summed E-state index contributed by atoms with van der Waals surface area (Å²) in [5.74, 6) is -0.296. The summed E-state index contributed by atoms with van der Waals surface area (Å²) in [6.45, 7) is 5.29. The molecule has 6 heteroatoms. The third kappa shape index (κ3) is 3.09. The molecule has 1 heterocycles. The van der Waals surface area contributed by atoms with Crippen LogP contribution in [-0.4, -0.2) is 38.7 Å². The van der Waals surface area contributed by atoms with E-state index in [4.69, 9.17) is 0 Å². The SMILES string of the molecule is CC(C)(C)N(C(=O)O)C1CCc2ccc(O)cc2NC1=O. The van der Waals surface area contributed by atoms with Gasteiger partial charge in [0.05, 0.1) is 0 Å². The number of carbonyl (C=O) groups is 2. The van der Waals surface area contributed by atoms with Gasteiger partial charge in [0.2, 0.25) is 5.91 Å². The van der Waals surface area contributed by atoms with Crippen LogP contribution in [-0.2, 0) is 11.2 Å². The molecule has 0 saturated carbocycles. The fraction of sp³-hybridized carbons (Fsp3) is 0.467. The number of phenols is 1. The second-order valence-electron chi connectivity index (χ2n) is 6.21. The summed E-state index contributed by atoms with van der Waals surface area (Å²) in [6.07, 6.45) is -0.136. The molecule has 1 aliphatic rings. The highest BCUT2D eigenvalue weighted by molar-refractivity contribution is 5.98. The first-order valence-electron chi connectivity index (χ1n) is 6.85. The van der Waals surface area contributed by atoms with Gasteiger partial charge in [0.15, 0.2) is 0 Å². The summed E-state index contributed by atoms with van der Waals surface area (Å²) >= 11 is 0. The lowest BCUT2D eigenvalue weighted by molar-refractivity contribution is -0.122. The first kappa shape index (κ1) is 15.2. The van der Waals surface area contributed by atoms with Crippen LogP contribution < -0.4 is 5.32 Å². The molecule has 0 bridgehead atoms. The summed E-state index contributed by atoms with van der Waals surface area (Å²) in [6, 6.07) is 4.04. The number of anilines is 1. The highest BCUT2D eigenvalue weighted by Gasteiger charge is 2.38. The number of phenolic OH excluding ortho intramolecular Hbond substituents is 1. The summed E-state index contributed by atoms with van der Waals surface area (Å²) in [4.78, 5) is 25.1. The number of amides is 2. The maximum atomic E-state index is 12.4. The molecule has 0 aliphatic carbocycles. The molecule has 0 aromatic heterocycles. The molecule has 1 atom stereocenters. The van der Waals surface area contributed by atoms with Gasteiger partial charge in [0.1, 0.15) is 11.8 Å². The van der Waals surface area contributed by atoms with Crippen LogP contribution in [0.15, 0.2) is 18.2 Å². The van der Waals surface area contributed by atoms with Crippen molar-refractivity contribution < 1.29 is 19.8 Å². The molecule has 3 N–H and O–H groups in total. The smallest absolute Gasteiger partial charge is 0.408 e. The maximum absolute atomic E-state index is 12.4. The Hall–Kier alpha value is -2.24. The standard InChI is InChI=1S/C15H20N2O4/c1-15(2,3)17(14(20)21)12-7-5-9-4-6-10(18)8-11(9)16-13(12)19/h4,6,8,12,18H,5,7H2,1-3H3,(H,16,19)(H,20,21). The zero-order valence-electron chi connectivity index (χ0n) is 12.4. The molecule has 0 saturated heterocycles. The Labute approximate surface area is 123 Å². The van der Waals surface area contributed by atoms with E-state index in [9.17, 15) is 19.8 Å². The number of carbonyl (C=O) groups excluding carboxylic acids is 1. The van der Waals surface area contributed by atoms with Gasteiger partial charge < -0.3 is 15.5 Å². The van der Waals surface area contributed by atoms with Crippen molar-refractivity contribution in [2.24, 2.45) is 0 Å². The Morgan fingerprint density at radius 1 is 1.38 bits per heavy atom. The van der Waals surface area contributed by atoms with E-state index in [-0.39, 0.29) is 11.7 Å². The molecule has 1 unspecified atom stereocenters. The summed E-state index contributed by atoms with van der Waals surface area (Å²) in [7, 11) is 0. The first-order valence-corrected chi connectivity index (χ1v) is 6.85. The quantitative estimate of drug-likeness (QED) is 0.741. The third-order valence-electron chi connectivity index (χ3n) is 3.58. The minimum Gasteiger partial charge on any atom is -0.508 e. The van der Waals surface area contributed by atoms with Crippen LogP contribution in [0.1, 0.15) is 32.8 Å². The highest BCUT2D eigenvalue weighted by atomic mass is 16.4. The molecule has 114 valence electrons. The Balaban J connectivity index is 2.33. The third-order valence-corrected chi connectivity index (χ3v) is 3.58. The van der Waals surface area contributed by atoms with Crippen molar-refractivity contribution in [3.63, 3.8) is 0 Å². The number of carboxylic acid groups (broad SMARTS) is 1. The number of nitrogens with zero attached hydrogens (tertiary/aromatic N) is 1. The molecule has 2 rings (SSSR count). The Morgan fingerprint density at radius 2 is 2.05 bits per heavy atom. The maximum Gasteiger partial charge on any atom is 0.408 e. The number of hydrogen-bond acceptors (Lipinski definition) is 3. The lowest BCUT2D eigenvalue weighted by atomic mass is 9.99. The summed E-state index contributed by atoms with van der Waals surface area (Å²) in [5, 5.41) is 21.7. The van der Waals surface area contributed by atoms with Gasteiger partial charge in [-0.1, -0.05) is 6.07 Å². The van der Waals surface area contributed by atoms with E-state index < -0.39 is 17.7 Å². The average molecular weight is 292 g/mol. The van der Waals surface area contributed by atoms with Gasteiger partial charge in [-0.15, -0.1) is 0 Å². The van der Waals surface area contributed by atoms with Crippen LogP contribution in [0.25, 0.3) is 0 Å². The number of nitrogens with one attached hydrogen (secondary N) is 1. The van der Waals surface area contributed by atoms with Crippen LogP contribution in [0.5, 0.6) is 5.75 Å². The zero-order valence-corrected chi connectivity index (χ0v) is 12.4. The van der Waals surface area contributed by atoms with Crippen LogP contribution in [0.3, 0.4) is 0 Å². The van der Waals surface area contributed by atoms with E-state index in [1.54, 1.807) is 32.9 Å². The van der Waals surface area contributed by atoms with Gasteiger partial charge in [0.25, 0.3) is 0 Å². The van der Waals surface area contributed by atoms with Gasteiger partial charge in [0, 0.05) is 17.3 Å². The van der Waals surface area contributed by atoms with Crippen LogP contribution in [0, 0.1) is 0 Å². The Morgan fingerprint density at radius 3 is 2.62 bits per heavy atom. The Kier molecular flexibility index (Phi) is 3.80. The lowest BCUT2D eigenvalue weighted by Gasteiger charge is -2.38. The molecule has 21 heavy (non-hydrogen) atoms. The fourth-order valence-electron chi connectivity index (χ4n) is 2.67. The van der Waals surface area contributed by atoms with Gasteiger partial charge in [-0.25, -0.2) is 4.79 Å². The second-order valence-corrected chi connectivity index (χ2v) is 6.21. The monoisotopic (exact) mass is 292 g/mol. The molecule has 0 fully saturated rings. The largest absolute Gasteiger partial charge is 0.508 e. The predicted molar refractivity (Wildman–Crippen MR) is 78.5 cm³/mol. The topological polar surface area (TPSA) is 89.9 Å². The Bertz CT molecular complexity index is 578. The number of aryl methyl sites for hydroxylation is 1. The van der Waals surface area contributed by atoms with Crippen molar-refractivity contribution in [3.05, 3.63) is 23.8 Å². The lowest BCUT2D eigenvalue weighted by Crippen LogP contribution is -2.55. The first-order chi connectivity index (χ1) is 9.70. The summed E-state index contributed by atoms with van der Waals surface area (Å²) in [5.41, 5.74) is 0.761. The molecule has 0 spiro atoms. The van der Waals surface area contributed by atoms with Crippen molar-refractivity contribution in [3.8, 4) is 5.75 Å².